The topological polar surface area (TPSA) is 64.1 Å². The molecular formula is C18H26F3NO3S. The molecule has 8 heteroatoms. The van der Waals surface area contributed by atoms with E-state index in [1.165, 1.54) is 13.8 Å². The number of pyridine rings is 1. The first-order chi connectivity index (χ1) is 11.8. The normalized spacial score (nSPS) is 13.2. The molecule has 0 saturated heterocycles. The number of aromatic nitrogens is 1. The standard InChI is InChI=1S/C18H26F3NO3S/c1-13(2)7-5-6-10-26(24,25)17(3,4)16(23)11-15-9-8-14(12-22-15)18(19,20)21/h8-9,12-13H,5-7,10-11H2,1-4H3. The first-order valence-corrected chi connectivity index (χ1v) is 10.2. The molecule has 0 aliphatic rings. The number of Topliss-reactive ketones (excluding diaryl/α,β-unsaturated/α-hetero) is 1. The highest BCUT2D eigenvalue weighted by Crippen LogP contribution is 2.29. The molecule has 1 aromatic heterocycles. The van der Waals surface area contributed by atoms with Gasteiger partial charge in [0.15, 0.2) is 15.6 Å². The van der Waals surface area contributed by atoms with E-state index in [-0.39, 0.29) is 17.9 Å². The van der Waals surface area contributed by atoms with E-state index in [1.54, 1.807) is 0 Å². The van der Waals surface area contributed by atoms with Crippen molar-refractivity contribution in [2.75, 3.05) is 5.75 Å². The fourth-order valence-electron chi connectivity index (χ4n) is 2.35. The largest absolute Gasteiger partial charge is 0.417 e. The molecule has 26 heavy (non-hydrogen) atoms. The molecule has 1 heterocycles. The third-order valence-electron chi connectivity index (χ3n) is 4.39. The zero-order valence-electron chi connectivity index (χ0n) is 15.6. The van der Waals surface area contributed by atoms with Crippen LogP contribution in [0.25, 0.3) is 0 Å². The van der Waals surface area contributed by atoms with E-state index in [4.69, 9.17) is 0 Å². The van der Waals surface area contributed by atoms with Crippen molar-refractivity contribution in [2.24, 2.45) is 5.92 Å². The van der Waals surface area contributed by atoms with E-state index in [1.807, 2.05) is 0 Å². The third-order valence-corrected chi connectivity index (χ3v) is 7.00. The van der Waals surface area contributed by atoms with Crippen molar-refractivity contribution in [1.29, 1.82) is 0 Å². The lowest BCUT2D eigenvalue weighted by Gasteiger charge is -2.23. The maximum Gasteiger partial charge on any atom is 0.417 e. The minimum atomic E-state index is -4.51. The average molecular weight is 393 g/mol. The van der Waals surface area contributed by atoms with Gasteiger partial charge in [-0.25, -0.2) is 8.42 Å². The molecule has 0 atom stereocenters. The van der Waals surface area contributed by atoms with Crippen molar-refractivity contribution in [2.45, 2.75) is 64.3 Å². The Balaban J connectivity index is 2.77. The van der Waals surface area contributed by atoms with E-state index >= 15 is 0 Å². The van der Waals surface area contributed by atoms with E-state index in [0.717, 1.165) is 25.0 Å². The molecule has 0 spiro atoms. The molecule has 4 nitrogen and oxygen atoms in total. The lowest BCUT2D eigenvalue weighted by atomic mass is 10.0. The van der Waals surface area contributed by atoms with Gasteiger partial charge >= 0.3 is 6.18 Å². The van der Waals surface area contributed by atoms with Crippen LogP contribution in [0, 0.1) is 5.92 Å². The highest BCUT2D eigenvalue weighted by atomic mass is 32.2. The van der Waals surface area contributed by atoms with E-state index < -0.39 is 32.1 Å². The monoisotopic (exact) mass is 393 g/mol. The third kappa shape index (κ3) is 6.07. The van der Waals surface area contributed by atoms with Crippen molar-refractivity contribution >= 4 is 15.6 Å². The molecule has 0 saturated carbocycles. The van der Waals surface area contributed by atoms with Gasteiger partial charge in [-0.1, -0.05) is 26.7 Å². The number of alkyl halides is 3. The summed E-state index contributed by atoms with van der Waals surface area (Å²) in [7, 11) is -3.67. The number of unbranched alkanes of at least 4 members (excludes halogenated alkanes) is 1. The predicted molar refractivity (Wildman–Crippen MR) is 94.5 cm³/mol. The molecule has 0 aliphatic heterocycles. The summed E-state index contributed by atoms with van der Waals surface area (Å²) in [6.07, 6.45) is -2.02. The molecule has 0 radical (unpaired) electrons. The zero-order chi connectivity index (χ0) is 20.2. The van der Waals surface area contributed by atoms with Crippen molar-refractivity contribution < 1.29 is 26.4 Å². The molecule has 0 fully saturated rings. The van der Waals surface area contributed by atoms with E-state index in [0.29, 0.717) is 18.5 Å². The van der Waals surface area contributed by atoms with Gasteiger partial charge in [0.2, 0.25) is 0 Å². The number of hydrogen-bond donors (Lipinski definition) is 0. The van der Waals surface area contributed by atoms with E-state index in [2.05, 4.69) is 18.8 Å². The number of carbonyl (C=O) groups excluding carboxylic acids is 1. The SMILES string of the molecule is CC(C)CCCCS(=O)(=O)C(C)(C)C(=O)Cc1ccc(C(F)(F)F)cn1. The Bertz CT molecular complexity index is 708. The second kappa shape index (κ2) is 8.50. The second-order valence-electron chi connectivity index (χ2n) is 7.35. The molecule has 0 amide bonds. The highest BCUT2D eigenvalue weighted by molar-refractivity contribution is 7.93. The van der Waals surface area contributed by atoms with Gasteiger partial charge in [0.1, 0.15) is 4.75 Å². The van der Waals surface area contributed by atoms with Crippen LogP contribution in [0.5, 0.6) is 0 Å². The van der Waals surface area contributed by atoms with Crippen molar-refractivity contribution in [3.05, 3.63) is 29.6 Å². The van der Waals surface area contributed by atoms with Gasteiger partial charge in [0, 0.05) is 11.9 Å². The Morgan fingerprint density at radius 2 is 1.77 bits per heavy atom. The second-order valence-corrected chi connectivity index (χ2v) is 10.0. The van der Waals surface area contributed by atoms with Crippen LogP contribution in [-0.4, -0.2) is 29.7 Å². The van der Waals surface area contributed by atoms with Crippen LogP contribution in [-0.2, 0) is 27.2 Å². The summed E-state index contributed by atoms with van der Waals surface area (Å²) in [5.41, 5.74) is -0.795. The van der Waals surface area contributed by atoms with Crippen LogP contribution in [0.15, 0.2) is 18.3 Å². The average Bonchev–Trinajstić information content (AvgIpc) is 2.50. The Kier molecular flexibility index (Phi) is 7.39. The first kappa shape index (κ1) is 22.6. The number of sulfone groups is 1. The lowest BCUT2D eigenvalue weighted by molar-refractivity contribution is -0.137. The fourth-order valence-corrected chi connectivity index (χ4v) is 3.86. The van der Waals surface area contributed by atoms with Crippen molar-refractivity contribution in [3.63, 3.8) is 0 Å². The Morgan fingerprint density at radius 1 is 1.15 bits per heavy atom. The van der Waals surface area contributed by atoms with Gasteiger partial charge in [-0.2, -0.15) is 13.2 Å². The van der Waals surface area contributed by atoms with Gasteiger partial charge in [-0.3, -0.25) is 9.78 Å². The maximum absolute atomic E-state index is 12.5. The molecule has 1 aromatic rings. The predicted octanol–water partition coefficient (Wildman–Crippen LogP) is 4.23. The quantitative estimate of drug-likeness (QED) is 0.589. The van der Waals surface area contributed by atoms with Crippen LogP contribution < -0.4 is 0 Å². The van der Waals surface area contributed by atoms with Gasteiger partial charge in [-0.05, 0) is 38.3 Å². The van der Waals surface area contributed by atoms with E-state index in [9.17, 15) is 26.4 Å². The zero-order valence-corrected chi connectivity index (χ0v) is 16.4. The van der Waals surface area contributed by atoms with Crippen molar-refractivity contribution in [3.8, 4) is 0 Å². The molecule has 148 valence electrons. The summed E-state index contributed by atoms with van der Waals surface area (Å²) in [6, 6.07) is 1.94. The maximum atomic E-state index is 12.5. The molecule has 0 unspecified atom stereocenters. The Morgan fingerprint density at radius 3 is 2.23 bits per heavy atom. The summed E-state index contributed by atoms with van der Waals surface area (Å²) < 4.78 is 61.1. The van der Waals surface area contributed by atoms with Gasteiger partial charge in [-0.15, -0.1) is 0 Å². The fraction of sp³-hybridized carbons (Fsp3) is 0.667. The van der Waals surface area contributed by atoms with Gasteiger partial charge < -0.3 is 0 Å². The van der Waals surface area contributed by atoms with Gasteiger partial charge in [0.25, 0.3) is 0 Å². The molecule has 0 N–H and O–H groups in total. The highest BCUT2D eigenvalue weighted by Gasteiger charge is 2.40. The summed E-state index contributed by atoms with van der Waals surface area (Å²) in [4.78, 5) is 16.1. The number of hydrogen-bond acceptors (Lipinski definition) is 4. The number of rotatable bonds is 9. The van der Waals surface area contributed by atoms with Crippen molar-refractivity contribution in [1.82, 2.24) is 4.98 Å². The number of nitrogens with zero attached hydrogens (tertiary/aromatic N) is 1. The summed E-state index contributed by atoms with van der Waals surface area (Å²) >= 11 is 0. The Hall–Kier alpha value is -1.44. The molecule has 1 rings (SSSR count). The molecular weight excluding hydrogens is 367 g/mol. The summed E-state index contributed by atoms with van der Waals surface area (Å²) in [6.45, 7) is 6.80. The number of ketones is 1. The van der Waals surface area contributed by atoms with Crippen LogP contribution in [0.1, 0.15) is 58.2 Å². The number of halogens is 3. The minimum Gasteiger partial charge on any atom is -0.298 e. The molecule has 0 bridgehead atoms. The summed E-state index contributed by atoms with van der Waals surface area (Å²) in [5, 5.41) is 0. The molecule has 0 aromatic carbocycles. The van der Waals surface area contributed by atoms with Crippen LogP contribution in [0.4, 0.5) is 13.2 Å². The number of carbonyl (C=O) groups is 1. The smallest absolute Gasteiger partial charge is 0.298 e. The lowest BCUT2D eigenvalue weighted by Crippen LogP contribution is -2.43. The van der Waals surface area contributed by atoms with Crippen LogP contribution in [0.3, 0.4) is 0 Å². The van der Waals surface area contributed by atoms with Gasteiger partial charge in [0.05, 0.1) is 17.7 Å². The minimum absolute atomic E-state index is 0.0844. The van der Waals surface area contributed by atoms with Crippen LogP contribution >= 0.6 is 0 Å². The first-order valence-electron chi connectivity index (χ1n) is 8.55. The molecule has 0 aliphatic carbocycles. The van der Waals surface area contributed by atoms with Crippen LogP contribution in [0.2, 0.25) is 0 Å². The summed E-state index contributed by atoms with van der Waals surface area (Å²) in [5.74, 6) is -0.175. The Labute approximate surface area is 153 Å².